The van der Waals surface area contributed by atoms with Crippen molar-refractivity contribution in [3.63, 3.8) is 0 Å². The van der Waals surface area contributed by atoms with E-state index in [-0.39, 0.29) is 16.1 Å². The minimum atomic E-state index is -0.687. The number of likely N-dealkylation sites (N-methyl/N-ethyl adjacent to an activating group) is 1. The van der Waals surface area contributed by atoms with Crippen molar-refractivity contribution in [2.24, 2.45) is 0 Å². The molecule has 0 saturated carbocycles. The number of hydrogen-bond donors (Lipinski definition) is 2. The number of nitrogens with zero attached hydrogens (tertiary/aromatic N) is 3. The van der Waals surface area contributed by atoms with Crippen LogP contribution >= 0.6 is 11.6 Å². The topological polar surface area (TPSA) is 108 Å². The second-order valence-electron chi connectivity index (χ2n) is 4.00. The molecule has 20 heavy (non-hydrogen) atoms. The second-order valence-corrected chi connectivity index (χ2v) is 4.41. The Bertz CT molecular complexity index is 681. The summed E-state index contributed by atoms with van der Waals surface area (Å²) in [6.45, 7) is 0. The molecule has 1 rings (SSSR count). The van der Waals surface area contributed by atoms with E-state index in [1.54, 1.807) is 12.1 Å². The van der Waals surface area contributed by atoms with Gasteiger partial charge in [0.05, 0.1) is 10.6 Å². The Labute approximate surface area is 120 Å². The first-order chi connectivity index (χ1) is 9.33. The minimum Gasteiger partial charge on any atom is -0.506 e. The van der Waals surface area contributed by atoms with Crippen molar-refractivity contribution in [2.75, 3.05) is 14.1 Å². The summed E-state index contributed by atoms with van der Waals surface area (Å²) in [5, 5.41) is 37.1. The van der Waals surface area contributed by atoms with Crippen molar-refractivity contribution in [1.29, 1.82) is 10.5 Å². The Morgan fingerprint density at radius 2 is 1.95 bits per heavy atom. The molecular weight excluding hydrogens is 282 g/mol. The fraction of sp³-hybridized carbons (Fsp3) is 0.154. The van der Waals surface area contributed by atoms with E-state index in [4.69, 9.17) is 22.1 Å². The van der Waals surface area contributed by atoms with Gasteiger partial charge in [0.1, 0.15) is 17.9 Å². The highest BCUT2D eigenvalue weighted by Gasteiger charge is 2.20. The molecule has 0 aromatic heterocycles. The lowest BCUT2D eigenvalue weighted by Gasteiger charge is -2.11. The lowest BCUT2D eigenvalue weighted by atomic mass is 10.0. The average molecular weight is 292 g/mol. The molecule has 0 aliphatic rings. The third-order valence-electron chi connectivity index (χ3n) is 2.43. The molecule has 0 heterocycles. The SMILES string of the molecule is CN(C)C(=O)/C(C#N)=C(\O)c1cc(Cl)c(O)c(C#N)c1. The van der Waals surface area contributed by atoms with Gasteiger partial charge < -0.3 is 15.1 Å². The van der Waals surface area contributed by atoms with Gasteiger partial charge in [-0.15, -0.1) is 0 Å². The first kappa shape index (κ1) is 15.4. The number of nitriles is 2. The maximum absolute atomic E-state index is 11.7. The maximum atomic E-state index is 11.7. The predicted molar refractivity (Wildman–Crippen MR) is 71.7 cm³/mol. The van der Waals surface area contributed by atoms with Crippen molar-refractivity contribution in [3.05, 3.63) is 33.9 Å². The van der Waals surface area contributed by atoms with Gasteiger partial charge in [0, 0.05) is 19.7 Å². The first-order valence-electron chi connectivity index (χ1n) is 5.31. The normalized spacial score (nSPS) is 11.1. The van der Waals surface area contributed by atoms with Crippen molar-refractivity contribution >= 4 is 23.3 Å². The van der Waals surface area contributed by atoms with Crippen molar-refractivity contribution < 1.29 is 15.0 Å². The van der Waals surface area contributed by atoms with E-state index in [2.05, 4.69) is 0 Å². The van der Waals surface area contributed by atoms with Gasteiger partial charge in [-0.1, -0.05) is 11.6 Å². The van der Waals surface area contributed by atoms with Gasteiger partial charge in [-0.25, -0.2) is 0 Å². The van der Waals surface area contributed by atoms with Gasteiger partial charge in [0.25, 0.3) is 5.91 Å². The van der Waals surface area contributed by atoms with Crippen molar-refractivity contribution in [2.45, 2.75) is 0 Å². The highest BCUT2D eigenvalue weighted by molar-refractivity contribution is 6.32. The Hall–Kier alpha value is -2.70. The number of carbonyl (C=O) groups is 1. The van der Waals surface area contributed by atoms with Gasteiger partial charge in [-0.05, 0) is 12.1 Å². The fourth-order valence-corrected chi connectivity index (χ4v) is 1.61. The number of hydrogen-bond acceptors (Lipinski definition) is 5. The van der Waals surface area contributed by atoms with Gasteiger partial charge in [-0.2, -0.15) is 10.5 Å². The number of aliphatic hydroxyl groups excluding tert-OH is 1. The highest BCUT2D eigenvalue weighted by Crippen LogP contribution is 2.31. The molecule has 6 nitrogen and oxygen atoms in total. The van der Waals surface area contributed by atoms with Crippen molar-refractivity contribution in [1.82, 2.24) is 4.90 Å². The molecule has 1 aromatic rings. The smallest absolute Gasteiger partial charge is 0.267 e. The zero-order chi connectivity index (χ0) is 15.4. The summed E-state index contributed by atoms with van der Waals surface area (Å²) in [5.74, 6) is -1.72. The van der Waals surface area contributed by atoms with Gasteiger partial charge >= 0.3 is 0 Å². The highest BCUT2D eigenvalue weighted by atomic mass is 35.5. The third-order valence-corrected chi connectivity index (χ3v) is 2.71. The molecule has 2 N–H and O–H groups in total. The van der Waals surface area contributed by atoms with Crippen LogP contribution in [0, 0.1) is 22.7 Å². The summed E-state index contributed by atoms with van der Waals surface area (Å²) in [7, 11) is 2.86. The van der Waals surface area contributed by atoms with Crippen LogP contribution in [0.1, 0.15) is 11.1 Å². The van der Waals surface area contributed by atoms with Crippen LogP contribution in [0.5, 0.6) is 5.75 Å². The van der Waals surface area contributed by atoms with E-state index in [1.165, 1.54) is 14.1 Å². The zero-order valence-electron chi connectivity index (χ0n) is 10.7. The molecule has 1 amide bonds. The van der Waals surface area contributed by atoms with Crippen LogP contribution in [-0.2, 0) is 4.79 Å². The number of phenols is 1. The molecule has 0 saturated heterocycles. The molecule has 102 valence electrons. The lowest BCUT2D eigenvalue weighted by Crippen LogP contribution is -2.23. The van der Waals surface area contributed by atoms with E-state index in [0.29, 0.717) is 0 Å². The summed E-state index contributed by atoms with van der Waals surface area (Å²) in [6.07, 6.45) is 0. The molecule has 0 aliphatic heterocycles. The van der Waals surface area contributed by atoms with E-state index >= 15 is 0 Å². The molecule has 0 fully saturated rings. The second kappa shape index (κ2) is 5.96. The number of aliphatic hydroxyl groups is 1. The van der Waals surface area contributed by atoms with E-state index in [1.807, 2.05) is 0 Å². The Kier molecular flexibility index (Phi) is 4.58. The predicted octanol–water partition coefficient (Wildman–Crippen LogP) is 1.80. The number of aromatic hydroxyl groups is 1. The molecule has 0 unspecified atom stereocenters. The molecule has 0 radical (unpaired) electrons. The van der Waals surface area contributed by atoms with Crippen LogP contribution in [0.3, 0.4) is 0 Å². The van der Waals surface area contributed by atoms with Crippen LogP contribution in [-0.4, -0.2) is 35.1 Å². The standard InChI is InChI=1S/C13H10ClN3O3/c1-17(2)13(20)9(6-16)11(18)7-3-8(5-15)12(19)10(14)4-7/h3-4,18-19H,1-2H3/b11-9-. The fourth-order valence-electron chi connectivity index (χ4n) is 1.39. The van der Waals surface area contributed by atoms with Gasteiger partial charge in [0.15, 0.2) is 11.3 Å². The Morgan fingerprint density at radius 3 is 2.40 bits per heavy atom. The first-order valence-corrected chi connectivity index (χ1v) is 5.69. The lowest BCUT2D eigenvalue weighted by molar-refractivity contribution is -0.124. The number of phenolic OH excluding ortho intramolecular Hbond substituents is 1. The molecule has 0 spiro atoms. The molecular formula is C13H10ClN3O3. The van der Waals surface area contributed by atoms with Gasteiger partial charge in [0.2, 0.25) is 0 Å². The molecule has 7 heteroatoms. The summed E-state index contributed by atoms with van der Waals surface area (Å²) in [4.78, 5) is 12.9. The summed E-state index contributed by atoms with van der Waals surface area (Å²) in [5.41, 5.74) is -0.662. The number of rotatable bonds is 2. The number of halogens is 1. The quantitative estimate of drug-likeness (QED) is 0.490. The molecule has 0 atom stereocenters. The van der Waals surface area contributed by atoms with E-state index in [0.717, 1.165) is 17.0 Å². The zero-order valence-corrected chi connectivity index (χ0v) is 11.4. The Balaban J connectivity index is 3.52. The number of carbonyl (C=O) groups excluding carboxylic acids is 1. The molecule has 1 aromatic carbocycles. The van der Waals surface area contributed by atoms with Crippen LogP contribution in [0.15, 0.2) is 17.7 Å². The van der Waals surface area contributed by atoms with Crippen LogP contribution in [0.4, 0.5) is 0 Å². The largest absolute Gasteiger partial charge is 0.506 e. The monoisotopic (exact) mass is 291 g/mol. The third kappa shape index (κ3) is 2.82. The van der Waals surface area contributed by atoms with Crippen molar-refractivity contribution in [3.8, 4) is 17.9 Å². The number of benzene rings is 1. The van der Waals surface area contributed by atoms with Gasteiger partial charge in [-0.3, -0.25) is 4.79 Å². The van der Waals surface area contributed by atoms with E-state index < -0.39 is 23.0 Å². The van der Waals surface area contributed by atoms with Crippen LogP contribution in [0.25, 0.3) is 5.76 Å². The molecule has 0 aliphatic carbocycles. The molecule has 0 bridgehead atoms. The minimum absolute atomic E-state index is 0.00361. The van der Waals surface area contributed by atoms with E-state index in [9.17, 15) is 15.0 Å². The summed E-state index contributed by atoms with van der Waals surface area (Å²) in [6, 6.07) is 5.59. The summed E-state index contributed by atoms with van der Waals surface area (Å²) >= 11 is 5.72. The number of amides is 1. The average Bonchev–Trinajstić information content (AvgIpc) is 2.41. The van der Waals surface area contributed by atoms with Crippen LogP contribution < -0.4 is 0 Å². The van der Waals surface area contributed by atoms with Crippen LogP contribution in [0.2, 0.25) is 5.02 Å². The Morgan fingerprint density at radius 1 is 1.35 bits per heavy atom. The summed E-state index contributed by atoms with van der Waals surface area (Å²) < 4.78 is 0. The maximum Gasteiger partial charge on any atom is 0.267 e.